The van der Waals surface area contributed by atoms with Gasteiger partial charge in [0, 0.05) is 43.1 Å². The van der Waals surface area contributed by atoms with Gasteiger partial charge in [-0.25, -0.2) is 9.97 Å². The molecule has 0 atom stereocenters. The topological polar surface area (TPSA) is 98.3 Å². The summed E-state index contributed by atoms with van der Waals surface area (Å²) >= 11 is 0. The van der Waals surface area contributed by atoms with Crippen LogP contribution in [0.5, 0.6) is 11.5 Å². The van der Waals surface area contributed by atoms with Crippen LogP contribution in [0.2, 0.25) is 0 Å². The Balaban J connectivity index is 1.62. The highest BCUT2D eigenvalue weighted by molar-refractivity contribution is 5.93. The highest BCUT2D eigenvalue weighted by Crippen LogP contribution is 2.30. The summed E-state index contributed by atoms with van der Waals surface area (Å²) in [6.07, 6.45) is 6.32. The lowest BCUT2D eigenvalue weighted by molar-refractivity contribution is 0.0950. The van der Waals surface area contributed by atoms with Crippen LogP contribution in [-0.4, -0.2) is 35.1 Å². The quantitative estimate of drug-likeness (QED) is 0.664. The van der Waals surface area contributed by atoms with E-state index in [9.17, 15) is 4.79 Å². The number of carbonyl (C=O) groups excluding carboxylic acids is 1. The van der Waals surface area contributed by atoms with Gasteiger partial charge < -0.3 is 20.1 Å². The van der Waals surface area contributed by atoms with Gasteiger partial charge in [0.15, 0.2) is 11.5 Å². The van der Waals surface area contributed by atoms with Crippen LogP contribution in [0.1, 0.15) is 15.9 Å². The summed E-state index contributed by atoms with van der Waals surface area (Å²) in [5.74, 6) is 1.33. The number of rotatable bonds is 7. The van der Waals surface area contributed by atoms with E-state index in [1.807, 2.05) is 18.2 Å². The third-order valence-electron chi connectivity index (χ3n) is 3.73. The van der Waals surface area contributed by atoms with E-state index in [1.54, 1.807) is 38.7 Å². The highest BCUT2D eigenvalue weighted by Gasteiger charge is 2.09. The van der Waals surface area contributed by atoms with Gasteiger partial charge in [-0.05, 0) is 23.8 Å². The summed E-state index contributed by atoms with van der Waals surface area (Å²) in [5, 5.41) is 5.86. The number of pyridine rings is 1. The lowest BCUT2D eigenvalue weighted by Gasteiger charge is -2.10. The predicted octanol–water partition coefficient (Wildman–Crippen LogP) is 2.56. The number of hydrogen-bond donors (Lipinski definition) is 2. The Bertz CT molecular complexity index is 901. The largest absolute Gasteiger partial charge is 0.493 e. The maximum Gasteiger partial charge on any atom is 0.254 e. The van der Waals surface area contributed by atoms with Gasteiger partial charge in [-0.3, -0.25) is 9.78 Å². The Morgan fingerprint density at radius 1 is 1.04 bits per heavy atom. The maximum absolute atomic E-state index is 12.2. The zero-order chi connectivity index (χ0) is 19.1. The Labute approximate surface area is 156 Å². The van der Waals surface area contributed by atoms with Crippen LogP contribution in [0.3, 0.4) is 0 Å². The molecule has 0 bridgehead atoms. The molecule has 8 nitrogen and oxygen atoms in total. The molecule has 1 aromatic carbocycles. The standard InChI is InChI=1S/C19H19N5O3/c1-26-16-6-5-15(8-17(16)27-2)24-19-22-11-14(12-23-19)18(25)21-10-13-4-3-7-20-9-13/h3-9,11-12H,10H2,1-2H3,(H,21,25)(H,22,23,24). The number of methoxy groups -OCH3 is 2. The molecule has 0 aliphatic carbocycles. The second-order valence-corrected chi connectivity index (χ2v) is 5.53. The van der Waals surface area contributed by atoms with Crippen molar-refractivity contribution in [1.82, 2.24) is 20.3 Å². The third-order valence-corrected chi connectivity index (χ3v) is 3.73. The molecule has 0 fully saturated rings. The molecule has 1 amide bonds. The fraction of sp³-hybridized carbons (Fsp3) is 0.158. The first-order valence-corrected chi connectivity index (χ1v) is 8.18. The Kier molecular flexibility index (Phi) is 5.78. The summed E-state index contributed by atoms with van der Waals surface area (Å²) in [6.45, 7) is 0.387. The third kappa shape index (κ3) is 4.69. The van der Waals surface area contributed by atoms with E-state index in [2.05, 4.69) is 25.6 Å². The highest BCUT2D eigenvalue weighted by atomic mass is 16.5. The fourth-order valence-corrected chi connectivity index (χ4v) is 2.34. The molecule has 0 saturated carbocycles. The van der Waals surface area contributed by atoms with E-state index in [4.69, 9.17) is 9.47 Å². The van der Waals surface area contributed by atoms with Gasteiger partial charge in [0.05, 0.1) is 19.8 Å². The van der Waals surface area contributed by atoms with E-state index < -0.39 is 0 Å². The van der Waals surface area contributed by atoms with Gasteiger partial charge in [-0.15, -0.1) is 0 Å². The number of hydrogen-bond acceptors (Lipinski definition) is 7. The molecule has 2 aromatic heterocycles. The van der Waals surface area contributed by atoms with Gasteiger partial charge in [-0.1, -0.05) is 6.07 Å². The van der Waals surface area contributed by atoms with E-state index in [0.717, 1.165) is 11.3 Å². The Morgan fingerprint density at radius 3 is 2.48 bits per heavy atom. The van der Waals surface area contributed by atoms with Crippen molar-refractivity contribution in [3.8, 4) is 11.5 Å². The van der Waals surface area contributed by atoms with E-state index in [0.29, 0.717) is 29.6 Å². The van der Waals surface area contributed by atoms with Crippen molar-refractivity contribution in [2.75, 3.05) is 19.5 Å². The average Bonchev–Trinajstić information content (AvgIpc) is 2.73. The molecule has 2 N–H and O–H groups in total. The smallest absolute Gasteiger partial charge is 0.254 e. The molecule has 0 radical (unpaired) electrons. The number of ether oxygens (including phenoxy) is 2. The Morgan fingerprint density at radius 2 is 1.81 bits per heavy atom. The van der Waals surface area contributed by atoms with Crippen LogP contribution in [-0.2, 0) is 6.54 Å². The summed E-state index contributed by atoms with van der Waals surface area (Å²) in [6, 6.07) is 9.08. The lowest BCUT2D eigenvalue weighted by Crippen LogP contribution is -2.23. The minimum atomic E-state index is -0.253. The van der Waals surface area contributed by atoms with Crippen LogP contribution in [0.25, 0.3) is 0 Å². The van der Waals surface area contributed by atoms with Crippen molar-refractivity contribution in [1.29, 1.82) is 0 Å². The minimum Gasteiger partial charge on any atom is -0.493 e. The molecular formula is C19H19N5O3. The van der Waals surface area contributed by atoms with E-state index in [-0.39, 0.29) is 5.91 Å². The molecule has 0 spiro atoms. The van der Waals surface area contributed by atoms with Crippen LogP contribution in [0.15, 0.2) is 55.1 Å². The molecule has 3 rings (SSSR count). The summed E-state index contributed by atoms with van der Waals surface area (Å²) in [7, 11) is 3.14. The second kappa shape index (κ2) is 8.61. The first-order chi connectivity index (χ1) is 13.2. The number of nitrogens with zero attached hydrogens (tertiary/aromatic N) is 3. The second-order valence-electron chi connectivity index (χ2n) is 5.53. The molecule has 0 unspecified atom stereocenters. The average molecular weight is 365 g/mol. The van der Waals surface area contributed by atoms with Crippen molar-refractivity contribution in [2.45, 2.75) is 6.54 Å². The maximum atomic E-state index is 12.2. The monoisotopic (exact) mass is 365 g/mol. The van der Waals surface area contributed by atoms with Gasteiger partial charge >= 0.3 is 0 Å². The lowest BCUT2D eigenvalue weighted by atomic mass is 10.2. The van der Waals surface area contributed by atoms with Gasteiger partial charge in [0.2, 0.25) is 5.95 Å². The van der Waals surface area contributed by atoms with Crippen molar-refractivity contribution in [2.24, 2.45) is 0 Å². The number of carbonyl (C=O) groups is 1. The number of benzene rings is 1. The number of nitrogens with one attached hydrogen (secondary N) is 2. The number of aromatic nitrogens is 3. The van der Waals surface area contributed by atoms with Crippen molar-refractivity contribution >= 4 is 17.5 Å². The first kappa shape index (κ1) is 18.1. The van der Waals surface area contributed by atoms with Gasteiger partial charge in [0.25, 0.3) is 5.91 Å². The molecule has 8 heteroatoms. The number of anilines is 2. The number of amides is 1. The van der Waals surface area contributed by atoms with E-state index in [1.165, 1.54) is 12.4 Å². The molecule has 2 heterocycles. The first-order valence-electron chi connectivity index (χ1n) is 8.18. The summed E-state index contributed by atoms with van der Waals surface area (Å²) in [4.78, 5) is 24.5. The Hall–Kier alpha value is -3.68. The zero-order valence-electron chi connectivity index (χ0n) is 15.0. The fourth-order valence-electron chi connectivity index (χ4n) is 2.34. The predicted molar refractivity (Wildman–Crippen MR) is 100 cm³/mol. The molecule has 27 heavy (non-hydrogen) atoms. The molecular weight excluding hydrogens is 346 g/mol. The SMILES string of the molecule is COc1ccc(Nc2ncc(C(=O)NCc3cccnc3)cn2)cc1OC. The van der Waals surface area contributed by atoms with Crippen LogP contribution in [0, 0.1) is 0 Å². The van der Waals surface area contributed by atoms with Gasteiger partial charge in [0.1, 0.15) is 0 Å². The van der Waals surface area contributed by atoms with Crippen molar-refractivity contribution in [3.05, 3.63) is 66.2 Å². The minimum absolute atomic E-state index is 0.253. The molecule has 3 aromatic rings. The normalized spacial score (nSPS) is 10.1. The van der Waals surface area contributed by atoms with Crippen LogP contribution >= 0.6 is 0 Å². The van der Waals surface area contributed by atoms with E-state index >= 15 is 0 Å². The van der Waals surface area contributed by atoms with Gasteiger partial charge in [-0.2, -0.15) is 0 Å². The molecule has 0 saturated heterocycles. The summed E-state index contributed by atoms with van der Waals surface area (Å²) in [5.41, 5.74) is 2.02. The molecule has 138 valence electrons. The van der Waals surface area contributed by atoms with Crippen molar-refractivity contribution < 1.29 is 14.3 Å². The van der Waals surface area contributed by atoms with Crippen LogP contribution in [0.4, 0.5) is 11.6 Å². The van der Waals surface area contributed by atoms with Crippen molar-refractivity contribution in [3.63, 3.8) is 0 Å². The molecule has 0 aliphatic heterocycles. The summed E-state index contributed by atoms with van der Waals surface area (Å²) < 4.78 is 10.5. The molecule has 0 aliphatic rings. The van der Waals surface area contributed by atoms with Crippen LogP contribution < -0.4 is 20.1 Å². The zero-order valence-corrected chi connectivity index (χ0v) is 15.0.